The lowest BCUT2D eigenvalue weighted by Crippen LogP contribution is -2.41. The summed E-state index contributed by atoms with van der Waals surface area (Å²) in [6, 6.07) is 7.21. The highest BCUT2D eigenvalue weighted by Crippen LogP contribution is 2.39. The van der Waals surface area contributed by atoms with Crippen LogP contribution in [0.3, 0.4) is 0 Å². The van der Waals surface area contributed by atoms with Crippen molar-refractivity contribution in [2.75, 3.05) is 0 Å². The number of hydrogen-bond acceptors (Lipinski definition) is 5. The van der Waals surface area contributed by atoms with E-state index in [0.717, 1.165) is 10.7 Å². The SMILES string of the molecule is Cc1nc(COc2ccc(C=C(F)B3OC(C)(C)C(C)(C)O3)cc2)cs1. The molecular formula is C19H23BFNO3S. The molecule has 0 atom stereocenters. The highest BCUT2D eigenvalue weighted by atomic mass is 32.1. The van der Waals surface area contributed by atoms with Crippen molar-refractivity contribution in [3.05, 3.63) is 51.6 Å². The number of ether oxygens (including phenoxy) is 1. The predicted molar refractivity (Wildman–Crippen MR) is 103 cm³/mol. The van der Waals surface area contributed by atoms with E-state index < -0.39 is 24.0 Å². The van der Waals surface area contributed by atoms with Crippen molar-refractivity contribution in [3.8, 4) is 5.75 Å². The van der Waals surface area contributed by atoms with Gasteiger partial charge in [-0.2, -0.15) is 0 Å². The van der Waals surface area contributed by atoms with Gasteiger partial charge in [0, 0.05) is 5.38 Å². The summed E-state index contributed by atoms with van der Waals surface area (Å²) in [5.41, 5.74) is 0.0519. The molecule has 0 amide bonds. The maximum absolute atomic E-state index is 14.5. The molecule has 1 aliphatic heterocycles. The molecular weight excluding hydrogens is 352 g/mol. The molecule has 26 heavy (non-hydrogen) atoms. The number of aryl methyl sites for hydroxylation is 1. The molecule has 1 aliphatic rings. The van der Waals surface area contributed by atoms with Gasteiger partial charge in [0.25, 0.3) is 0 Å². The highest BCUT2D eigenvalue weighted by molar-refractivity contribution is 7.09. The smallest absolute Gasteiger partial charge is 0.487 e. The van der Waals surface area contributed by atoms with Crippen molar-refractivity contribution in [2.24, 2.45) is 0 Å². The van der Waals surface area contributed by atoms with Crippen LogP contribution in [0.4, 0.5) is 4.39 Å². The Morgan fingerprint density at radius 3 is 2.35 bits per heavy atom. The molecule has 0 bridgehead atoms. The van der Waals surface area contributed by atoms with E-state index in [1.165, 1.54) is 6.08 Å². The number of rotatable bonds is 5. The largest absolute Gasteiger partial charge is 0.525 e. The maximum Gasteiger partial charge on any atom is 0.525 e. The Kier molecular flexibility index (Phi) is 5.24. The zero-order valence-corrected chi connectivity index (χ0v) is 16.5. The molecule has 0 radical (unpaired) electrons. The van der Waals surface area contributed by atoms with Crippen molar-refractivity contribution in [1.82, 2.24) is 4.98 Å². The van der Waals surface area contributed by atoms with Gasteiger partial charge in [0.1, 0.15) is 18.1 Å². The number of nitrogens with zero attached hydrogens (tertiary/aromatic N) is 1. The fraction of sp³-hybridized carbons (Fsp3) is 0.421. The first-order valence-corrected chi connectivity index (χ1v) is 9.41. The Morgan fingerprint density at radius 1 is 1.19 bits per heavy atom. The third kappa shape index (κ3) is 4.16. The van der Waals surface area contributed by atoms with Crippen LogP contribution < -0.4 is 4.74 Å². The average molecular weight is 375 g/mol. The monoisotopic (exact) mass is 375 g/mol. The topological polar surface area (TPSA) is 40.6 Å². The van der Waals surface area contributed by atoms with Crippen LogP contribution in [0.2, 0.25) is 0 Å². The van der Waals surface area contributed by atoms with Crippen molar-refractivity contribution in [3.63, 3.8) is 0 Å². The van der Waals surface area contributed by atoms with Crippen LogP contribution in [0, 0.1) is 6.92 Å². The maximum atomic E-state index is 14.5. The van der Waals surface area contributed by atoms with E-state index in [4.69, 9.17) is 14.0 Å². The Morgan fingerprint density at radius 2 is 1.81 bits per heavy atom. The zero-order chi connectivity index (χ0) is 18.9. The molecule has 0 spiro atoms. The molecule has 3 rings (SSSR count). The standard InChI is InChI=1S/C19H23BFNO3S/c1-13-22-15(12-26-13)11-23-16-8-6-14(7-9-16)10-17(21)20-24-18(2,3)19(4,5)25-20/h6-10,12H,11H2,1-5H3. The summed E-state index contributed by atoms with van der Waals surface area (Å²) in [5.74, 6) is 0.712. The molecule has 1 saturated heterocycles. The van der Waals surface area contributed by atoms with Gasteiger partial charge in [0.2, 0.25) is 0 Å². The molecule has 0 aliphatic carbocycles. The molecule has 1 fully saturated rings. The van der Waals surface area contributed by atoms with Crippen LogP contribution in [0.15, 0.2) is 35.4 Å². The van der Waals surface area contributed by atoms with Gasteiger partial charge in [-0.25, -0.2) is 9.37 Å². The number of aromatic nitrogens is 1. The molecule has 2 aromatic rings. The normalized spacial score (nSPS) is 19.0. The summed E-state index contributed by atoms with van der Waals surface area (Å²) in [6.45, 7) is 9.98. The molecule has 2 heterocycles. The minimum absolute atomic E-state index is 0.418. The quantitative estimate of drug-likeness (QED) is 0.692. The lowest BCUT2D eigenvalue weighted by molar-refractivity contribution is 0.00578. The van der Waals surface area contributed by atoms with E-state index in [1.54, 1.807) is 23.5 Å². The van der Waals surface area contributed by atoms with E-state index >= 15 is 0 Å². The number of thiazole rings is 1. The lowest BCUT2D eigenvalue weighted by atomic mass is 9.87. The number of hydrogen-bond donors (Lipinski definition) is 0. The van der Waals surface area contributed by atoms with Gasteiger partial charge >= 0.3 is 7.12 Å². The third-order valence-electron chi connectivity index (χ3n) is 4.72. The van der Waals surface area contributed by atoms with Crippen LogP contribution in [0.5, 0.6) is 5.75 Å². The van der Waals surface area contributed by atoms with Crippen molar-refractivity contribution in [2.45, 2.75) is 52.4 Å². The third-order valence-corrected chi connectivity index (χ3v) is 5.54. The highest BCUT2D eigenvalue weighted by Gasteiger charge is 2.53. The van der Waals surface area contributed by atoms with Gasteiger partial charge in [-0.15, -0.1) is 11.3 Å². The van der Waals surface area contributed by atoms with Crippen LogP contribution in [0.25, 0.3) is 6.08 Å². The molecule has 4 nitrogen and oxygen atoms in total. The second kappa shape index (κ2) is 7.14. The summed E-state index contributed by atoms with van der Waals surface area (Å²) >= 11 is 1.60. The summed E-state index contributed by atoms with van der Waals surface area (Å²) in [4.78, 5) is 4.36. The van der Waals surface area contributed by atoms with Gasteiger partial charge in [-0.05, 0) is 58.4 Å². The number of benzene rings is 1. The molecule has 0 N–H and O–H groups in total. The van der Waals surface area contributed by atoms with Crippen LogP contribution in [0.1, 0.15) is 44.0 Å². The summed E-state index contributed by atoms with van der Waals surface area (Å²) in [7, 11) is -0.983. The molecule has 7 heteroatoms. The minimum atomic E-state index is -0.983. The van der Waals surface area contributed by atoms with E-state index in [9.17, 15) is 4.39 Å². The lowest BCUT2D eigenvalue weighted by Gasteiger charge is -2.32. The molecule has 0 saturated carbocycles. The summed E-state index contributed by atoms with van der Waals surface area (Å²) < 4.78 is 31.7. The fourth-order valence-corrected chi connectivity index (χ4v) is 3.07. The Bertz CT molecular complexity index is 785. The first-order chi connectivity index (χ1) is 12.2. The van der Waals surface area contributed by atoms with E-state index in [1.807, 2.05) is 52.1 Å². The zero-order valence-electron chi connectivity index (χ0n) is 15.7. The van der Waals surface area contributed by atoms with Gasteiger partial charge < -0.3 is 14.0 Å². The molecule has 0 unspecified atom stereocenters. The molecule has 138 valence electrons. The first kappa shape index (κ1) is 19.1. The Hall–Kier alpha value is -1.70. The first-order valence-electron chi connectivity index (χ1n) is 8.53. The van der Waals surface area contributed by atoms with E-state index in [2.05, 4.69) is 4.98 Å². The Balaban J connectivity index is 1.62. The van der Waals surface area contributed by atoms with Crippen molar-refractivity contribution >= 4 is 24.5 Å². The predicted octanol–water partition coefficient (Wildman–Crippen LogP) is 4.97. The van der Waals surface area contributed by atoms with Gasteiger partial charge in [-0.1, -0.05) is 12.1 Å². The summed E-state index contributed by atoms with van der Waals surface area (Å²) in [6.07, 6.45) is 1.43. The average Bonchev–Trinajstić information content (AvgIpc) is 3.07. The molecule has 1 aromatic carbocycles. The van der Waals surface area contributed by atoms with Gasteiger partial charge in [-0.3, -0.25) is 0 Å². The Labute approximate surface area is 158 Å². The second-order valence-electron chi connectivity index (χ2n) is 7.33. The van der Waals surface area contributed by atoms with Crippen molar-refractivity contribution < 1.29 is 18.4 Å². The van der Waals surface area contributed by atoms with Crippen LogP contribution in [-0.4, -0.2) is 23.3 Å². The van der Waals surface area contributed by atoms with E-state index in [0.29, 0.717) is 17.9 Å². The van der Waals surface area contributed by atoms with Gasteiger partial charge in [0.15, 0.2) is 0 Å². The minimum Gasteiger partial charge on any atom is -0.487 e. The van der Waals surface area contributed by atoms with E-state index in [-0.39, 0.29) is 0 Å². The van der Waals surface area contributed by atoms with Gasteiger partial charge in [0.05, 0.1) is 21.9 Å². The molecule has 1 aromatic heterocycles. The number of halogens is 1. The van der Waals surface area contributed by atoms with Crippen LogP contribution in [-0.2, 0) is 15.9 Å². The van der Waals surface area contributed by atoms with Crippen molar-refractivity contribution in [1.29, 1.82) is 0 Å². The second-order valence-corrected chi connectivity index (χ2v) is 8.40. The van der Waals surface area contributed by atoms with Crippen LogP contribution >= 0.6 is 11.3 Å². The summed E-state index contributed by atoms with van der Waals surface area (Å²) in [5, 5.41) is 2.99. The fourth-order valence-electron chi connectivity index (χ4n) is 2.47.